The van der Waals surface area contributed by atoms with E-state index in [4.69, 9.17) is 23.7 Å². The summed E-state index contributed by atoms with van der Waals surface area (Å²) in [6, 6.07) is 0. The zero-order valence-electron chi connectivity index (χ0n) is 45.9. The maximum absolute atomic E-state index is 13.1. The fourth-order valence-electron chi connectivity index (χ4n) is 8.31. The number of aliphatic carboxylic acids is 1. The zero-order valence-corrected chi connectivity index (χ0v) is 45.9. The highest BCUT2D eigenvalue weighted by atomic mass is 16.7. The third-order valence-corrected chi connectivity index (χ3v) is 12.8. The Balaban J connectivity index is 2.73. The number of rotatable bonds is 48. The molecular weight excluding hydrogens is 925 g/mol. The van der Waals surface area contributed by atoms with Crippen LogP contribution in [0, 0.1) is 0 Å². The van der Waals surface area contributed by atoms with E-state index in [1.54, 1.807) is 0 Å². The summed E-state index contributed by atoms with van der Waals surface area (Å²) in [6.45, 7) is 5.78. The number of carboxylic acid groups (broad SMARTS) is 1. The quantitative estimate of drug-likeness (QED) is 0.0228. The minimum atomic E-state index is -1.92. The van der Waals surface area contributed by atoms with E-state index in [-0.39, 0.29) is 25.9 Å². The van der Waals surface area contributed by atoms with Gasteiger partial charge in [-0.15, -0.1) is 0 Å². The highest BCUT2D eigenvalue weighted by Gasteiger charge is 2.50. The average molecular weight is 1030 g/mol. The summed E-state index contributed by atoms with van der Waals surface area (Å²) in [7, 11) is 0. The van der Waals surface area contributed by atoms with Gasteiger partial charge in [-0.1, -0.05) is 196 Å². The molecule has 3 N–H and O–H groups in total. The fourth-order valence-corrected chi connectivity index (χ4v) is 8.31. The predicted molar refractivity (Wildman–Crippen MR) is 294 cm³/mol. The van der Waals surface area contributed by atoms with E-state index in [0.717, 1.165) is 89.9 Å². The SMILES string of the molecule is CC/C=C\C/C=C\C/C=C\C/C=C\CCC(=O)OC(COC(=O)CCCCCCCCC/C=C\CCCCCCCC)COC1OC(C(=O)O)C(O)C(O)C1OC(=O)CCCCCCC/C=C\CCCCCC. The van der Waals surface area contributed by atoms with E-state index in [1.165, 1.54) is 83.5 Å². The summed E-state index contributed by atoms with van der Waals surface area (Å²) in [5.74, 6) is -3.24. The van der Waals surface area contributed by atoms with Gasteiger partial charge < -0.3 is 39.0 Å². The Morgan fingerprint density at radius 3 is 1.38 bits per heavy atom. The van der Waals surface area contributed by atoms with Gasteiger partial charge in [0.25, 0.3) is 0 Å². The summed E-state index contributed by atoms with van der Waals surface area (Å²) < 4.78 is 28.3. The van der Waals surface area contributed by atoms with Crippen LogP contribution in [0.4, 0.5) is 0 Å². The molecule has 0 aromatic rings. The molecule has 1 heterocycles. The molecule has 0 radical (unpaired) electrons. The first kappa shape index (κ1) is 67.2. The first-order chi connectivity index (χ1) is 35.6. The van der Waals surface area contributed by atoms with E-state index in [0.29, 0.717) is 25.7 Å². The van der Waals surface area contributed by atoms with E-state index in [2.05, 4.69) is 81.5 Å². The maximum atomic E-state index is 13.1. The molecule has 0 spiro atoms. The Morgan fingerprint density at radius 2 is 0.890 bits per heavy atom. The van der Waals surface area contributed by atoms with Crippen molar-refractivity contribution in [2.45, 2.75) is 276 Å². The van der Waals surface area contributed by atoms with Crippen LogP contribution in [-0.2, 0) is 42.9 Å². The first-order valence-corrected chi connectivity index (χ1v) is 28.9. The number of carboxylic acids is 1. The minimum absolute atomic E-state index is 0.0387. The molecule has 0 aliphatic carbocycles. The minimum Gasteiger partial charge on any atom is -0.479 e. The lowest BCUT2D eigenvalue weighted by Crippen LogP contribution is -2.61. The van der Waals surface area contributed by atoms with Crippen molar-refractivity contribution in [3.05, 3.63) is 72.9 Å². The molecule has 12 heteroatoms. The van der Waals surface area contributed by atoms with Gasteiger partial charge in [0.2, 0.25) is 0 Å². The van der Waals surface area contributed by atoms with Crippen LogP contribution in [0.5, 0.6) is 0 Å². The lowest BCUT2D eigenvalue weighted by atomic mass is 9.98. The third kappa shape index (κ3) is 39.3. The normalized spacial score (nSPS) is 18.8. The molecule has 1 aliphatic rings. The summed E-state index contributed by atoms with van der Waals surface area (Å²) in [6.07, 6.45) is 49.0. The molecule has 1 saturated heterocycles. The topological polar surface area (TPSA) is 175 Å². The van der Waals surface area contributed by atoms with Crippen molar-refractivity contribution in [3.8, 4) is 0 Å². The monoisotopic (exact) mass is 1030 g/mol. The maximum Gasteiger partial charge on any atom is 0.335 e. The molecule has 0 bridgehead atoms. The van der Waals surface area contributed by atoms with E-state index >= 15 is 0 Å². The third-order valence-electron chi connectivity index (χ3n) is 12.8. The molecular formula is C61H102O12. The lowest BCUT2D eigenvalue weighted by molar-refractivity contribution is -0.301. The van der Waals surface area contributed by atoms with Crippen molar-refractivity contribution in [1.29, 1.82) is 0 Å². The molecule has 1 aliphatic heterocycles. The Morgan fingerprint density at radius 1 is 0.466 bits per heavy atom. The summed E-state index contributed by atoms with van der Waals surface area (Å²) >= 11 is 0. The average Bonchev–Trinajstić information content (AvgIpc) is 3.37. The van der Waals surface area contributed by atoms with Crippen molar-refractivity contribution >= 4 is 23.9 Å². The van der Waals surface area contributed by atoms with Crippen LogP contribution in [0.1, 0.15) is 239 Å². The second-order valence-electron chi connectivity index (χ2n) is 19.5. The zero-order chi connectivity index (χ0) is 53.3. The standard InChI is InChI=1S/C61H102O12/c1-4-7-10-13-16-19-22-25-26-27-28-31-32-35-38-41-44-47-53(62)69-50-52(71-54(63)48-45-42-39-36-33-29-23-20-17-14-11-8-5-2)51-70-61-59(57(66)56(65)58(73-61)60(67)68)72-55(64)49-46-43-40-37-34-30-24-21-18-15-12-9-6-3/h8,11,17,20-21,24-26,29,33,39,42,52,56-59,61,65-66H,4-7,9-10,12-16,18-19,22-23,27-28,30-32,34-38,40-41,43-51H2,1-3H3,(H,67,68)/b11-8-,20-17-,24-21-,26-25-,33-29-,42-39-. The second kappa shape index (κ2) is 49.1. The van der Waals surface area contributed by atoms with Gasteiger partial charge in [-0.05, 0) is 96.3 Å². The molecule has 1 fully saturated rings. The number of aliphatic hydroxyl groups excluding tert-OH is 2. The Bertz CT molecular complexity index is 1550. The number of carbonyl (C=O) groups is 4. The summed E-state index contributed by atoms with van der Waals surface area (Å²) in [5.41, 5.74) is 0. The number of esters is 3. The Kier molecular flexibility index (Phi) is 45.1. The van der Waals surface area contributed by atoms with Crippen LogP contribution in [0.2, 0.25) is 0 Å². The smallest absolute Gasteiger partial charge is 0.335 e. The van der Waals surface area contributed by atoms with Gasteiger partial charge in [-0.3, -0.25) is 14.4 Å². The van der Waals surface area contributed by atoms with Crippen molar-refractivity contribution in [3.63, 3.8) is 0 Å². The van der Waals surface area contributed by atoms with Crippen LogP contribution in [0.15, 0.2) is 72.9 Å². The van der Waals surface area contributed by atoms with Crippen molar-refractivity contribution < 1.29 is 58.2 Å². The molecule has 0 aromatic heterocycles. The highest BCUT2D eigenvalue weighted by molar-refractivity contribution is 5.74. The van der Waals surface area contributed by atoms with Crippen molar-refractivity contribution in [1.82, 2.24) is 0 Å². The molecule has 6 unspecified atom stereocenters. The molecule has 12 nitrogen and oxygen atoms in total. The number of aliphatic hydroxyl groups is 2. The van der Waals surface area contributed by atoms with Gasteiger partial charge in [0.1, 0.15) is 18.8 Å². The number of hydrogen-bond acceptors (Lipinski definition) is 11. The molecule has 6 atom stereocenters. The van der Waals surface area contributed by atoms with Gasteiger partial charge in [0.15, 0.2) is 24.6 Å². The highest BCUT2D eigenvalue weighted by Crippen LogP contribution is 2.26. The fraction of sp³-hybridized carbons (Fsp3) is 0.738. The van der Waals surface area contributed by atoms with Crippen molar-refractivity contribution in [2.75, 3.05) is 13.2 Å². The Hall–Kier alpha value is -3.84. The lowest BCUT2D eigenvalue weighted by Gasteiger charge is -2.40. The molecule has 0 amide bonds. The second-order valence-corrected chi connectivity index (χ2v) is 19.5. The number of allylic oxidation sites excluding steroid dienone is 12. The molecule has 73 heavy (non-hydrogen) atoms. The number of carbonyl (C=O) groups excluding carboxylic acids is 3. The van der Waals surface area contributed by atoms with Crippen LogP contribution in [0.25, 0.3) is 0 Å². The predicted octanol–water partition coefficient (Wildman–Crippen LogP) is 14.6. The molecule has 0 aromatic carbocycles. The van der Waals surface area contributed by atoms with E-state index < -0.39 is 67.3 Å². The Labute approximate surface area is 442 Å². The van der Waals surface area contributed by atoms with E-state index in [9.17, 15) is 34.5 Å². The van der Waals surface area contributed by atoms with Crippen LogP contribution >= 0.6 is 0 Å². The van der Waals surface area contributed by atoms with Crippen LogP contribution in [-0.4, -0.2) is 89.2 Å². The molecule has 418 valence electrons. The summed E-state index contributed by atoms with van der Waals surface area (Å²) in [5, 5.41) is 31.4. The van der Waals surface area contributed by atoms with Crippen LogP contribution < -0.4 is 0 Å². The van der Waals surface area contributed by atoms with E-state index in [1.807, 2.05) is 12.2 Å². The number of unbranched alkanes of at least 4 members (excludes halogenated alkanes) is 22. The van der Waals surface area contributed by atoms with Gasteiger partial charge >= 0.3 is 23.9 Å². The number of hydrogen-bond donors (Lipinski definition) is 3. The van der Waals surface area contributed by atoms with Gasteiger partial charge in [0, 0.05) is 19.3 Å². The van der Waals surface area contributed by atoms with Crippen LogP contribution in [0.3, 0.4) is 0 Å². The van der Waals surface area contributed by atoms with Gasteiger partial charge in [-0.2, -0.15) is 0 Å². The van der Waals surface area contributed by atoms with Crippen molar-refractivity contribution in [2.24, 2.45) is 0 Å². The largest absolute Gasteiger partial charge is 0.479 e. The van der Waals surface area contributed by atoms with Gasteiger partial charge in [0.05, 0.1) is 6.61 Å². The number of ether oxygens (including phenoxy) is 5. The molecule has 1 rings (SSSR count). The molecule has 0 saturated carbocycles. The summed E-state index contributed by atoms with van der Waals surface area (Å²) in [4.78, 5) is 51.0. The first-order valence-electron chi connectivity index (χ1n) is 28.9. The van der Waals surface area contributed by atoms with Gasteiger partial charge in [-0.25, -0.2) is 4.79 Å².